The van der Waals surface area contributed by atoms with E-state index in [0.717, 1.165) is 30.9 Å². The van der Waals surface area contributed by atoms with Gasteiger partial charge in [0.1, 0.15) is 6.54 Å². The Morgan fingerprint density at radius 3 is 2.43 bits per heavy atom. The fraction of sp³-hybridized carbons (Fsp3) is 0.381. The topological polar surface area (TPSA) is 52.4 Å². The summed E-state index contributed by atoms with van der Waals surface area (Å²) in [5.41, 5.74) is 1.16. The Labute approximate surface area is 164 Å². The molecule has 1 amide bonds. The Bertz CT molecular complexity index is 807. The summed E-state index contributed by atoms with van der Waals surface area (Å²) in [7, 11) is 3.25. The van der Waals surface area contributed by atoms with Crippen molar-refractivity contribution in [2.45, 2.75) is 6.54 Å². The van der Waals surface area contributed by atoms with E-state index in [2.05, 4.69) is 0 Å². The zero-order valence-corrected chi connectivity index (χ0v) is 16.2. The Balaban J connectivity index is 1.47. The number of carbonyl (C=O) groups is 1. The van der Waals surface area contributed by atoms with E-state index in [1.165, 1.54) is 17.0 Å². The molecule has 0 atom stereocenters. The molecule has 1 fully saturated rings. The molecular formula is C21H26FN2O4+. The molecule has 6 nitrogen and oxygen atoms in total. The summed E-state index contributed by atoms with van der Waals surface area (Å²) < 4.78 is 29.5. The molecule has 1 N–H and O–H groups in total. The lowest BCUT2D eigenvalue weighted by atomic mass is 10.1. The van der Waals surface area contributed by atoms with Crippen LogP contribution in [0.3, 0.4) is 0 Å². The van der Waals surface area contributed by atoms with Crippen molar-refractivity contribution in [1.82, 2.24) is 4.90 Å². The van der Waals surface area contributed by atoms with Crippen molar-refractivity contribution in [3.63, 3.8) is 0 Å². The molecular weight excluding hydrogens is 363 g/mol. The number of nitrogens with one attached hydrogen (secondary N) is 1. The smallest absolute Gasteiger partial charge is 0.260 e. The van der Waals surface area contributed by atoms with Gasteiger partial charge in [0, 0.05) is 5.56 Å². The van der Waals surface area contributed by atoms with Gasteiger partial charge in [0.25, 0.3) is 5.91 Å². The molecule has 28 heavy (non-hydrogen) atoms. The predicted molar refractivity (Wildman–Crippen MR) is 102 cm³/mol. The molecule has 0 unspecified atom stereocenters. The Kier molecular flexibility index (Phi) is 6.71. The van der Waals surface area contributed by atoms with Gasteiger partial charge in [-0.2, -0.15) is 0 Å². The number of halogens is 1. The number of nitrogens with zero attached hydrogens (tertiary/aromatic N) is 1. The second kappa shape index (κ2) is 9.41. The zero-order valence-electron chi connectivity index (χ0n) is 16.2. The molecule has 150 valence electrons. The summed E-state index contributed by atoms with van der Waals surface area (Å²) in [6.45, 7) is 3.71. The van der Waals surface area contributed by atoms with Crippen LogP contribution >= 0.6 is 0 Å². The average molecular weight is 389 g/mol. The summed E-state index contributed by atoms with van der Waals surface area (Å²) in [5.74, 6) is 0.964. The summed E-state index contributed by atoms with van der Waals surface area (Å²) >= 11 is 0. The Hall–Kier alpha value is -2.80. The standard InChI is InChI=1S/C21H25FN2O4/c1-26-19-8-7-16(13-20(19)27-2)14-23-9-11-24(12-10-23)21(25)15-28-18-6-4-3-5-17(18)22/h3-8,13H,9-12,14-15H2,1-2H3/p+1. The van der Waals surface area contributed by atoms with Crippen LogP contribution in [0.5, 0.6) is 17.2 Å². The molecule has 1 aliphatic rings. The normalized spacial score (nSPS) is 14.6. The van der Waals surface area contributed by atoms with Crippen molar-refractivity contribution in [3.05, 3.63) is 53.8 Å². The van der Waals surface area contributed by atoms with Crippen LogP contribution in [0.2, 0.25) is 0 Å². The number of benzene rings is 2. The summed E-state index contributed by atoms with van der Waals surface area (Å²) in [4.78, 5) is 15.5. The minimum Gasteiger partial charge on any atom is -0.493 e. The van der Waals surface area contributed by atoms with E-state index in [4.69, 9.17) is 14.2 Å². The first-order valence-corrected chi connectivity index (χ1v) is 9.30. The van der Waals surface area contributed by atoms with Crippen molar-refractivity contribution in [2.24, 2.45) is 0 Å². The van der Waals surface area contributed by atoms with Gasteiger partial charge < -0.3 is 24.0 Å². The second-order valence-corrected chi connectivity index (χ2v) is 6.72. The van der Waals surface area contributed by atoms with Crippen LogP contribution in [-0.4, -0.2) is 57.8 Å². The number of carbonyl (C=O) groups excluding carboxylic acids is 1. The molecule has 1 aliphatic heterocycles. The highest BCUT2D eigenvalue weighted by molar-refractivity contribution is 5.77. The second-order valence-electron chi connectivity index (χ2n) is 6.72. The van der Waals surface area contributed by atoms with E-state index >= 15 is 0 Å². The maximum Gasteiger partial charge on any atom is 0.260 e. The van der Waals surface area contributed by atoms with Gasteiger partial charge in [0.05, 0.1) is 40.4 Å². The van der Waals surface area contributed by atoms with Gasteiger partial charge in [-0.25, -0.2) is 4.39 Å². The first-order valence-electron chi connectivity index (χ1n) is 9.30. The Morgan fingerprint density at radius 2 is 1.75 bits per heavy atom. The predicted octanol–water partition coefficient (Wildman–Crippen LogP) is 1.15. The number of para-hydroxylation sites is 1. The molecule has 0 bridgehead atoms. The number of hydrogen-bond donors (Lipinski definition) is 1. The lowest BCUT2D eigenvalue weighted by Crippen LogP contribution is -3.13. The molecule has 3 rings (SSSR count). The minimum atomic E-state index is -0.459. The van der Waals surface area contributed by atoms with Gasteiger partial charge in [-0.1, -0.05) is 12.1 Å². The number of rotatable bonds is 7. The van der Waals surface area contributed by atoms with Crippen LogP contribution in [0.1, 0.15) is 5.56 Å². The van der Waals surface area contributed by atoms with Crippen LogP contribution < -0.4 is 19.1 Å². The van der Waals surface area contributed by atoms with Crippen molar-refractivity contribution >= 4 is 5.91 Å². The van der Waals surface area contributed by atoms with Crippen molar-refractivity contribution in [3.8, 4) is 17.2 Å². The summed E-state index contributed by atoms with van der Waals surface area (Å²) in [5, 5.41) is 0. The third-order valence-corrected chi connectivity index (χ3v) is 4.91. The largest absolute Gasteiger partial charge is 0.493 e. The van der Waals surface area contributed by atoms with E-state index in [1.807, 2.05) is 18.2 Å². The Morgan fingerprint density at radius 1 is 1.04 bits per heavy atom. The number of hydrogen-bond acceptors (Lipinski definition) is 4. The molecule has 0 saturated carbocycles. The van der Waals surface area contributed by atoms with Crippen LogP contribution in [0, 0.1) is 5.82 Å². The first-order chi connectivity index (χ1) is 13.6. The third kappa shape index (κ3) is 4.92. The maximum atomic E-state index is 13.6. The molecule has 2 aromatic rings. The van der Waals surface area contributed by atoms with Gasteiger partial charge in [-0.15, -0.1) is 0 Å². The molecule has 1 heterocycles. The molecule has 0 aliphatic carbocycles. The number of piperazine rings is 1. The third-order valence-electron chi connectivity index (χ3n) is 4.91. The van der Waals surface area contributed by atoms with E-state index in [1.54, 1.807) is 31.3 Å². The van der Waals surface area contributed by atoms with E-state index in [0.29, 0.717) is 18.8 Å². The highest BCUT2D eigenvalue weighted by Crippen LogP contribution is 2.27. The van der Waals surface area contributed by atoms with Crippen molar-refractivity contribution in [2.75, 3.05) is 47.0 Å². The molecule has 7 heteroatoms. The van der Waals surface area contributed by atoms with Crippen molar-refractivity contribution < 1.29 is 28.3 Å². The van der Waals surface area contributed by atoms with E-state index < -0.39 is 5.82 Å². The van der Waals surface area contributed by atoms with Crippen LogP contribution in [0.15, 0.2) is 42.5 Å². The van der Waals surface area contributed by atoms with E-state index in [9.17, 15) is 9.18 Å². The molecule has 2 aromatic carbocycles. The summed E-state index contributed by atoms with van der Waals surface area (Å²) in [6, 6.07) is 12.0. The highest BCUT2D eigenvalue weighted by atomic mass is 19.1. The van der Waals surface area contributed by atoms with Crippen LogP contribution in [0.25, 0.3) is 0 Å². The van der Waals surface area contributed by atoms with Gasteiger partial charge >= 0.3 is 0 Å². The van der Waals surface area contributed by atoms with E-state index in [-0.39, 0.29) is 18.3 Å². The number of amides is 1. The minimum absolute atomic E-state index is 0.105. The lowest BCUT2D eigenvalue weighted by Gasteiger charge is -2.32. The van der Waals surface area contributed by atoms with Gasteiger partial charge in [0.2, 0.25) is 0 Å². The van der Waals surface area contributed by atoms with Crippen LogP contribution in [-0.2, 0) is 11.3 Å². The average Bonchev–Trinajstić information content (AvgIpc) is 2.73. The fourth-order valence-electron chi connectivity index (χ4n) is 3.32. The lowest BCUT2D eigenvalue weighted by molar-refractivity contribution is -0.917. The first kappa shape index (κ1) is 19.9. The number of ether oxygens (including phenoxy) is 3. The number of methoxy groups -OCH3 is 2. The van der Waals surface area contributed by atoms with Crippen molar-refractivity contribution in [1.29, 1.82) is 0 Å². The van der Waals surface area contributed by atoms with Gasteiger partial charge in [0.15, 0.2) is 29.7 Å². The SMILES string of the molecule is COc1ccc(C[NH+]2CCN(C(=O)COc3ccccc3F)CC2)cc1OC. The van der Waals surface area contributed by atoms with Gasteiger partial charge in [-0.05, 0) is 30.3 Å². The zero-order chi connectivity index (χ0) is 19.9. The highest BCUT2D eigenvalue weighted by Gasteiger charge is 2.24. The molecule has 1 saturated heterocycles. The maximum absolute atomic E-state index is 13.6. The van der Waals surface area contributed by atoms with Gasteiger partial charge in [-0.3, -0.25) is 4.79 Å². The number of quaternary nitrogens is 1. The molecule has 0 radical (unpaired) electrons. The quantitative estimate of drug-likeness (QED) is 0.772. The monoisotopic (exact) mass is 389 g/mol. The fourth-order valence-corrected chi connectivity index (χ4v) is 3.32. The molecule has 0 aromatic heterocycles. The summed E-state index contributed by atoms with van der Waals surface area (Å²) in [6.07, 6.45) is 0. The van der Waals surface area contributed by atoms with Crippen LogP contribution in [0.4, 0.5) is 4.39 Å². The molecule has 0 spiro atoms.